The third-order valence-electron chi connectivity index (χ3n) is 6.04. The van der Waals surface area contributed by atoms with Gasteiger partial charge in [-0.3, -0.25) is 4.79 Å². The van der Waals surface area contributed by atoms with Crippen molar-refractivity contribution >= 4 is 22.8 Å². The van der Waals surface area contributed by atoms with Crippen LogP contribution in [0.1, 0.15) is 31.0 Å². The van der Waals surface area contributed by atoms with Crippen molar-refractivity contribution in [1.29, 1.82) is 0 Å². The number of anilines is 1. The van der Waals surface area contributed by atoms with Crippen LogP contribution in [0.25, 0.3) is 11.2 Å². The quantitative estimate of drug-likeness (QED) is 0.529. The Morgan fingerprint density at radius 3 is 2.86 bits per heavy atom. The van der Waals surface area contributed by atoms with Gasteiger partial charge in [0.25, 0.3) is 0 Å². The molecule has 10 heteroatoms. The van der Waals surface area contributed by atoms with Crippen molar-refractivity contribution in [2.24, 2.45) is 11.3 Å². The van der Waals surface area contributed by atoms with Gasteiger partial charge < -0.3 is 24.5 Å². The van der Waals surface area contributed by atoms with Crippen LogP contribution in [-0.4, -0.2) is 59.8 Å². The highest BCUT2D eigenvalue weighted by Crippen LogP contribution is 2.68. The lowest BCUT2D eigenvalue weighted by atomic mass is 9.95. The van der Waals surface area contributed by atoms with E-state index in [1.54, 1.807) is 17.9 Å². The molecule has 0 aliphatic heterocycles. The van der Waals surface area contributed by atoms with E-state index >= 15 is 0 Å². The first-order valence-electron chi connectivity index (χ1n) is 9.17. The Hall–Kier alpha value is -3.29. The molecule has 5 rings (SSSR count). The van der Waals surface area contributed by atoms with E-state index in [0.29, 0.717) is 29.2 Å². The highest BCUT2D eigenvalue weighted by Gasteiger charge is 2.74. The molecule has 3 N–H and O–H groups in total. The van der Waals surface area contributed by atoms with E-state index in [0.717, 1.165) is 0 Å². The molecule has 2 aliphatic rings. The summed E-state index contributed by atoms with van der Waals surface area (Å²) >= 11 is 0. The lowest BCUT2D eigenvalue weighted by molar-refractivity contribution is -0.128. The van der Waals surface area contributed by atoms with E-state index in [1.165, 1.54) is 19.5 Å². The number of carbonyl (C=O) groups excluding carboxylic acids is 1. The van der Waals surface area contributed by atoms with Crippen molar-refractivity contribution < 1.29 is 19.4 Å². The minimum atomic E-state index is -1.11. The minimum absolute atomic E-state index is 0.106. The molecule has 2 fully saturated rings. The molecule has 0 radical (unpaired) electrons. The monoisotopic (exact) mass is 394 g/mol. The number of imidazole rings is 1. The number of aliphatic hydroxyl groups is 2. The Morgan fingerprint density at radius 2 is 2.21 bits per heavy atom. The first kappa shape index (κ1) is 17.8. The zero-order valence-corrected chi connectivity index (χ0v) is 15.7. The standard InChI is InChI=1S/C19H18N6O4/c1-9(26)19-5-11(19)14(15(27)16(19)28)25-7-22-13-17(20-2)23-12(24-18(13)25)4-3-10-6-21-8-29-10/h6-8,11,14-16,27-28H,5H2,1-2H3,(H,20,23,24)/t11?,14-,15+,16?,19-/m1/s1. The van der Waals surface area contributed by atoms with Gasteiger partial charge in [0.15, 0.2) is 29.1 Å². The van der Waals surface area contributed by atoms with Gasteiger partial charge in [0.2, 0.25) is 5.82 Å². The number of oxazole rings is 1. The van der Waals surface area contributed by atoms with Gasteiger partial charge in [-0.1, -0.05) is 0 Å². The topological polar surface area (TPSA) is 139 Å². The molecule has 0 aromatic carbocycles. The van der Waals surface area contributed by atoms with Crippen molar-refractivity contribution in [3.63, 3.8) is 0 Å². The molecule has 29 heavy (non-hydrogen) atoms. The summed E-state index contributed by atoms with van der Waals surface area (Å²) in [4.78, 5) is 29.2. The van der Waals surface area contributed by atoms with Gasteiger partial charge in [-0.15, -0.1) is 0 Å². The van der Waals surface area contributed by atoms with Crippen LogP contribution in [0.3, 0.4) is 0 Å². The number of carbonyl (C=O) groups is 1. The van der Waals surface area contributed by atoms with Crippen molar-refractivity contribution in [3.05, 3.63) is 30.5 Å². The lowest BCUT2D eigenvalue weighted by Crippen LogP contribution is -2.36. The second-order valence-electron chi connectivity index (χ2n) is 7.42. The zero-order chi connectivity index (χ0) is 20.3. The summed E-state index contributed by atoms with van der Waals surface area (Å²) in [5.74, 6) is 6.46. The van der Waals surface area contributed by atoms with Crippen molar-refractivity contribution in [2.45, 2.75) is 31.6 Å². The number of hydrogen-bond acceptors (Lipinski definition) is 9. The number of rotatable bonds is 3. The second-order valence-corrected chi connectivity index (χ2v) is 7.42. The van der Waals surface area contributed by atoms with Crippen LogP contribution in [0.2, 0.25) is 0 Å². The molecule has 5 atom stereocenters. The van der Waals surface area contributed by atoms with E-state index < -0.39 is 23.7 Å². The average Bonchev–Trinajstić information content (AvgIpc) is 3.00. The number of aromatic nitrogens is 5. The Morgan fingerprint density at radius 1 is 1.38 bits per heavy atom. The summed E-state index contributed by atoms with van der Waals surface area (Å²) in [5.41, 5.74) is 0.100. The third-order valence-corrected chi connectivity index (χ3v) is 6.04. The molecular formula is C19H18N6O4. The number of fused-ring (bicyclic) bond motifs is 2. The lowest BCUT2D eigenvalue weighted by Gasteiger charge is -2.23. The maximum atomic E-state index is 12.1. The van der Waals surface area contributed by atoms with Crippen molar-refractivity contribution in [2.75, 3.05) is 12.4 Å². The number of nitrogens with zero attached hydrogens (tertiary/aromatic N) is 5. The Kier molecular flexibility index (Phi) is 3.74. The van der Waals surface area contributed by atoms with E-state index in [9.17, 15) is 15.0 Å². The normalized spacial score (nSPS) is 29.9. The molecule has 0 bridgehead atoms. The van der Waals surface area contributed by atoms with Gasteiger partial charge in [0.05, 0.1) is 30.1 Å². The molecule has 2 aliphatic carbocycles. The van der Waals surface area contributed by atoms with Crippen molar-refractivity contribution in [1.82, 2.24) is 24.5 Å². The molecule has 3 heterocycles. The fraction of sp³-hybridized carbons (Fsp3) is 0.421. The Balaban J connectivity index is 1.61. The number of hydrogen-bond donors (Lipinski definition) is 3. The number of ketones is 1. The number of Topliss-reactive ketones (excluding diaryl/α,β-unsaturated/α-hetero) is 1. The molecule has 3 aromatic rings. The Labute approximate surface area is 165 Å². The third kappa shape index (κ3) is 2.41. The predicted molar refractivity (Wildman–Crippen MR) is 99.6 cm³/mol. The summed E-state index contributed by atoms with van der Waals surface area (Å²) in [6.07, 6.45) is 2.66. The molecule has 0 saturated heterocycles. The van der Waals surface area contributed by atoms with Gasteiger partial charge in [-0.05, 0) is 31.1 Å². The summed E-state index contributed by atoms with van der Waals surface area (Å²) in [5, 5.41) is 24.2. The fourth-order valence-electron chi connectivity index (χ4n) is 4.53. The maximum absolute atomic E-state index is 12.1. The smallest absolute Gasteiger partial charge is 0.209 e. The van der Waals surface area contributed by atoms with Crippen LogP contribution in [0.4, 0.5) is 5.82 Å². The highest BCUT2D eigenvalue weighted by atomic mass is 16.3. The first-order chi connectivity index (χ1) is 14.0. The molecule has 3 aromatic heterocycles. The summed E-state index contributed by atoms with van der Waals surface area (Å²) < 4.78 is 6.82. The van der Waals surface area contributed by atoms with Gasteiger partial charge in [-0.2, -0.15) is 0 Å². The fourth-order valence-corrected chi connectivity index (χ4v) is 4.53. The molecule has 2 saturated carbocycles. The van der Waals surface area contributed by atoms with E-state index in [-0.39, 0.29) is 17.5 Å². The van der Waals surface area contributed by atoms with Gasteiger partial charge >= 0.3 is 0 Å². The molecule has 2 unspecified atom stereocenters. The highest BCUT2D eigenvalue weighted by molar-refractivity contribution is 5.88. The average molecular weight is 394 g/mol. The van der Waals surface area contributed by atoms with Gasteiger partial charge in [0, 0.05) is 7.05 Å². The summed E-state index contributed by atoms with van der Waals surface area (Å²) in [6.45, 7) is 1.46. The maximum Gasteiger partial charge on any atom is 0.209 e. The largest absolute Gasteiger partial charge is 0.435 e. The van der Waals surface area contributed by atoms with Gasteiger partial charge in [0.1, 0.15) is 11.9 Å². The SMILES string of the molecule is CNc1nc(C#Cc2cnco2)nc2c1ncn2[C@@H]1C2C[C@]2(C(C)=O)C(O)[C@H]1O. The number of nitrogens with one attached hydrogen (secondary N) is 1. The minimum Gasteiger partial charge on any atom is -0.435 e. The van der Waals surface area contributed by atoms with E-state index in [4.69, 9.17) is 4.42 Å². The number of aliphatic hydroxyl groups excluding tert-OH is 2. The van der Waals surface area contributed by atoms with Crippen LogP contribution in [0.5, 0.6) is 0 Å². The Bertz CT molecular complexity index is 1180. The second kappa shape index (κ2) is 6.10. The van der Waals surface area contributed by atoms with Crippen LogP contribution < -0.4 is 5.32 Å². The summed E-state index contributed by atoms with van der Waals surface area (Å²) in [7, 11) is 1.71. The summed E-state index contributed by atoms with van der Waals surface area (Å²) in [6, 6.07) is -0.506. The predicted octanol–water partition coefficient (Wildman–Crippen LogP) is 0.128. The molecular weight excluding hydrogens is 376 g/mol. The first-order valence-corrected chi connectivity index (χ1v) is 9.17. The van der Waals surface area contributed by atoms with Gasteiger partial charge in [-0.25, -0.2) is 19.9 Å². The molecule has 10 nitrogen and oxygen atoms in total. The van der Waals surface area contributed by atoms with Crippen LogP contribution in [0.15, 0.2) is 23.3 Å². The molecule has 0 spiro atoms. The van der Waals surface area contributed by atoms with E-state index in [2.05, 4.69) is 37.1 Å². The van der Waals surface area contributed by atoms with Crippen LogP contribution >= 0.6 is 0 Å². The zero-order valence-electron chi connectivity index (χ0n) is 15.7. The van der Waals surface area contributed by atoms with Crippen LogP contribution in [0, 0.1) is 23.2 Å². The van der Waals surface area contributed by atoms with E-state index in [1.807, 2.05) is 0 Å². The molecule has 148 valence electrons. The molecule has 0 amide bonds. The van der Waals surface area contributed by atoms with Crippen LogP contribution in [-0.2, 0) is 4.79 Å². The van der Waals surface area contributed by atoms with Crippen molar-refractivity contribution in [3.8, 4) is 11.8 Å².